The molecule has 3 rings (SSSR count). The van der Waals surface area contributed by atoms with Gasteiger partial charge in [0.2, 0.25) is 5.88 Å². The molecule has 1 aromatic heterocycles. The number of pyridine rings is 1. The van der Waals surface area contributed by atoms with Crippen LogP contribution in [0.5, 0.6) is 23.1 Å². The molecule has 1 N–H and O–H groups in total. The molecule has 0 aliphatic carbocycles. The van der Waals surface area contributed by atoms with Crippen LogP contribution in [-0.4, -0.2) is 24.6 Å². The summed E-state index contributed by atoms with van der Waals surface area (Å²) in [4.78, 5) is 16.1. The molecule has 138 valence electrons. The summed E-state index contributed by atoms with van der Waals surface area (Å²) in [6.45, 7) is 0.304. The van der Waals surface area contributed by atoms with Crippen LogP contribution < -0.4 is 19.5 Å². The van der Waals surface area contributed by atoms with Crippen LogP contribution in [0.1, 0.15) is 5.56 Å². The molecule has 2 aromatic carbocycles. The Kier molecular flexibility index (Phi) is 6.25. The number of rotatable bonds is 8. The number of hydrogen-bond donors (Lipinski definition) is 1. The number of methoxy groups -OCH3 is 1. The molecule has 6 nitrogen and oxygen atoms in total. The lowest BCUT2D eigenvalue weighted by molar-refractivity contribution is -0.123. The first-order valence-electron chi connectivity index (χ1n) is 8.45. The number of amides is 1. The van der Waals surface area contributed by atoms with Crippen molar-refractivity contribution in [3.8, 4) is 23.1 Å². The van der Waals surface area contributed by atoms with E-state index in [0.717, 1.165) is 11.3 Å². The van der Waals surface area contributed by atoms with E-state index < -0.39 is 0 Å². The fourth-order valence-electron chi connectivity index (χ4n) is 2.37. The lowest BCUT2D eigenvalue weighted by Crippen LogP contribution is -2.28. The van der Waals surface area contributed by atoms with E-state index in [4.69, 9.17) is 14.2 Å². The Labute approximate surface area is 157 Å². The van der Waals surface area contributed by atoms with Crippen molar-refractivity contribution in [2.75, 3.05) is 13.7 Å². The fraction of sp³-hybridized carbons (Fsp3) is 0.143. The van der Waals surface area contributed by atoms with Gasteiger partial charge in [0.15, 0.2) is 6.61 Å². The average Bonchev–Trinajstić information content (AvgIpc) is 2.72. The van der Waals surface area contributed by atoms with Gasteiger partial charge in [0, 0.05) is 24.4 Å². The first kappa shape index (κ1) is 18.3. The van der Waals surface area contributed by atoms with Crippen molar-refractivity contribution in [3.05, 3.63) is 78.5 Å². The molecule has 0 fully saturated rings. The van der Waals surface area contributed by atoms with Crippen molar-refractivity contribution in [3.63, 3.8) is 0 Å². The number of benzene rings is 2. The quantitative estimate of drug-likeness (QED) is 0.662. The predicted octanol–water partition coefficient (Wildman–Crippen LogP) is 3.58. The Morgan fingerprint density at radius 2 is 1.70 bits per heavy atom. The number of aromatic nitrogens is 1. The highest BCUT2D eigenvalue weighted by Gasteiger charge is 2.06. The van der Waals surface area contributed by atoms with Gasteiger partial charge in [0.25, 0.3) is 5.91 Å². The molecule has 0 unspecified atom stereocenters. The summed E-state index contributed by atoms with van der Waals surface area (Å²) in [5.74, 6) is 2.26. The van der Waals surface area contributed by atoms with Crippen molar-refractivity contribution in [1.29, 1.82) is 0 Å². The number of nitrogens with zero attached hydrogens (tertiary/aromatic N) is 1. The maximum Gasteiger partial charge on any atom is 0.258 e. The molecule has 3 aromatic rings. The van der Waals surface area contributed by atoms with Gasteiger partial charge in [-0.1, -0.05) is 24.3 Å². The highest BCUT2D eigenvalue weighted by molar-refractivity contribution is 5.77. The third kappa shape index (κ3) is 5.47. The van der Waals surface area contributed by atoms with Crippen molar-refractivity contribution in [2.45, 2.75) is 6.54 Å². The summed E-state index contributed by atoms with van der Waals surface area (Å²) >= 11 is 0. The largest absolute Gasteiger partial charge is 0.496 e. The molecule has 0 saturated heterocycles. The van der Waals surface area contributed by atoms with Crippen molar-refractivity contribution < 1.29 is 19.0 Å². The summed E-state index contributed by atoms with van der Waals surface area (Å²) in [5.41, 5.74) is 0.907. The molecule has 6 heteroatoms. The summed E-state index contributed by atoms with van der Waals surface area (Å²) in [7, 11) is 1.60. The monoisotopic (exact) mass is 364 g/mol. The molecular formula is C21H20N2O4. The molecule has 0 atom stereocenters. The Bertz CT molecular complexity index is 867. The Hall–Kier alpha value is -3.54. The number of ether oxygens (including phenoxy) is 3. The normalized spacial score (nSPS) is 10.1. The predicted molar refractivity (Wildman–Crippen MR) is 101 cm³/mol. The van der Waals surface area contributed by atoms with Gasteiger partial charge in [-0.3, -0.25) is 4.79 Å². The third-order valence-corrected chi connectivity index (χ3v) is 3.72. The van der Waals surface area contributed by atoms with Crippen LogP contribution in [0.4, 0.5) is 0 Å². The van der Waals surface area contributed by atoms with Crippen LogP contribution in [0.25, 0.3) is 0 Å². The third-order valence-electron chi connectivity index (χ3n) is 3.72. The van der Waals surface area contributed by atoms with Gasteiger partial charge in [-0.15, -0.1) is 0 Å². The fourth-order valence-corrected chi connectivity index (χ4v) is 2.37. The zero-order valence-electron chi connectivity index (χ0n) is 14.9. The smallest absolute Gasteiger partial charge is 0.258 e. The summed E-state index contributed by atoms with van der Waals surface area (Å²) in [6.07, 6.45) is 1.66. The minimum absolute atomic E-state index is 0.0738. The van der Waals surface area contributed by atoms with Gasteiger partial charge < -0.3 is 19.5 Å². The van der Waals surface area contributed by atoms with Crippen LogP contribution in [0.2, 0.25) is 0 Å². The summed E-state index contributed by atoms with van der Waals surface area (Å²) < 4.78 is 16.4. The molecule has 0 aliphatic heterocycles. The standard InChI is InChI=1S/C21H20N2O4/c1-25-19-7-3-2-6-16(19)14-23-20(24)15-26-17-9-11-18(12-10-17)27-21-8-4-5-13-22-21/h2-13H,14-15H2,1H3,(H,23,24). The second-order valence-corrected chi connectivity index (χ2v) is 5.62. The second kappa shape index (κ2) is 9.24. The van der Waals surface area contributed by atoms with Gasteiger partial charge in [-0.2, -0.15) is 0 Å². The molecular weight excluding hydrogens is 344 g/mol. The SMILES string of the molecule is COc1ccccc1CNC(=O)COc1ccc(Oc2ccccn2)cc1. The average molecular weight is 364 g/mol. The maximum absolute atomic E-state index is 12.0. The first-order valence-corrected chi connectivity index (χ1v) is 8.45. The van der Waals surface area contributed by atoms with Crippen molar-refractivity contribution in [2.24, 2.45) is 0 Å². The number of hydrogen-bond acceptors (Lipinski definition) is 5. The molecule has 0 spiro atoms. The molecule has 27 heavy (non-hydrogen) atoms. The number of para-hydroxylation sites is 1. The maximum atomic E-state index is 12.0. The van der Waals surface area contributed by atoms with Gasteiger partial charge >= 0.3 is 0 Å². The molecule has 0 radical (unpaired) electrons. The van der Waals surface area contributed by atoms with E-state index in [9.17, 15) is 4.79 Å². The van der Waals surface area contributed by atoms with Crippen molar-refractivity contribution in [1.82, 2.24) is 10.3 Å². The van der Waals surface area contributed by atoms with E-state index >= 15 is 0 Å². The van der Waals surface area contributed by atoms with Gasteiger partial charge in [-0.25, -0.2) is 4.98 Å². The minimum atomic E-state index is -0.213. The van der Waals surface area contributed by atoms with Gasteiger partial charge in [-0.05, 0) is 36.4 Å². The number of carbonyl (C=O) groups excluding carboxylic acids is 1. The Balaban J connectivity index is 1.46. The summed E-state index contributed by atoms with van der Waals surface area (Å²) in [6, 6.07) is 20.0. The molecule has 0 saturated carbocycles. The highest BCUT2D eigenvalue weighted by Crippen LogP contribution is 2.22. The van der Waals surface area contributed by atoms with E-state index in [1.165, 1.54) is 0 Å². The Morgan fingerprint density at radius 3 is 2.44 bits per heavy atom. The lowest BCUT2D eigenvalue weighted by Gasteiger charge is -2.10. The number of carbonyl (C=O) groups is 1. The zero-order valence-corrected chi connectivity index (χ0v) is 14.9. The molecule has 0 bridgehead atoms. The Morgan fingerprint density at radius 1 is 0.963 bits per heavy atom. The van der Waals surface area contributed by atoms with E-state index in [2.05, 4.69) is 10.3 Å². The topological polar surface area (TPSA) is 69.7 Å². The van der Waals surface area contributed by atoms with Crippen LogP contribution in [-0.2, 0) is 11.3 Å². The first-order chi connectivity index (χ1) is 13.2. The van der Waals surface area contributed by atoms with E-state index in [0.29, 0.717) is 23.9 Å². The molecule has 0 aliphatic rings. The number of nitrogens with one attached hydrogen (secondary N) is 1. The van der Waals surface area contributed by atoms with Crippen molar-refractivity contribution >= 4 is 5.91 Å². The van der Waals surface area contributed by atoms with Crippen LogP contribution in [0, 0.1) is 0 Å². The summed E-state index contributed by atoms with van der Waals surface area (Å²) in [5, 5.41) is 2.81. The zero-order chi connectivity index (χ0) is 18.9. The van der Waals surface area contributed by atoms with E-state index in [1.807, 2.05) is 36.4 Å². The molecule has 1 amide bonds. The van der Waals surface area contributed by atoms with Crippen LogP contribution >= 0.6 is 0 Å². The molecule has 1 heterocycles. The van der Waals surface area contributed by atoms with Gasteiger partial charge in [0.1, 0.15) is 17.2 Å². The highest BCUT2D eigenvalue weighted by atomic mass is 16.5. The van der Waals surface area contributed by atoms with Crippen LogP contribution in [0.3, 0.4) is 0 Å². The van der Waals surface area contributed by atoms with E-state index in [1.54, 1.807) is 43.6 Å². The van der Waals surface area contributed by atoms with E-state index in [-0.39, 0.29) is 12.5 Å². The van der Waals surface area contributed by atoms with Gasteiger partial charge in [0.05, 0.1) is 7.11 Å². The van der Waals surface area contributed by atoms with Crippen LogP contribution in [0.15, 0.2) is 72.9 Å². The second-order valence-electron chi connectivity index (χ2n) is 5.62. The minimum Gasteiger partial charge on any atom is -0.496 e. The lowest BCUT2D eigenvalue weighted by atomic mass is 10.2.